The van der Waals surface area contributed by atoms with Gasteiger partial charge in [-0.15, -0.1) is 0 Å². The Morgan fingerprint density at radius 2 is 1.64 bits per heavy atom. The molecule has 2 rings (SSSR count). The van der Waals surface area contributed by atoms with Crippen LogP contribution in [0.3, 0.4) is 0 Å². The minimum atomic E-state index is 0.615. The summed E-state index contributed by atoms with van der Waals surface area (Å²) in [5.41, 5.74) is 8.93. The van der Waals surface area contributed by atoms with Gasteiger partial charge in [0.05, 0.1) is 0 Å². The largest absolute Gasteiger partial charge is 0.0625 e. The molecule has 0 N–H and O–H groups in total. The van der Waals surface area contributed by atoms with E-state index >= 15 is 0 Å². The van der Waals surface area contributed by atoms with Crippen LogP contribution < -0.4 is 0 Å². The number of fused-ring (bicyclic) bond motifs is 1. The molecule has 1 aromatic carbocycles. The quantitative estimate of drug-likeness (QED) is 0.569. The van der Waals surface area contributed by atoms with Crippen molar-refractivity contribution in [3.63, 3.8) is 0 Å². The molecule has 0 nitrogen and oxygen atoms in total. The van der Waals surface area contributed by atoms with Crippen LogP contribution in [-0.4, -0.2) is 0 Å². The molecule has 14 heavy (non-hydrogen) atoms. The summed E-state index contributed by atoms with van der Waals surface area (Å²) < 4.78 is 0. The molecule has 1 unspecified atom stereocenters. The highest BCUT2D eigenvalue weighted by Gasteiger charge is 2.24. The average Bonchev–Trinajstić information content (AvgIpc) is 2.38. The first-order valence-corrected chi connectivity index (χ1v) is 5.32. The van der Waals surface area contributed by atoms with E-state index in [-0.39, 0.29) is 0 Å². The first-order valence-electron chi connectivity index (χ1n) is 5.32. The Hall–Kier alpha value is -1.04. The fourth-order valence-corrected chi connectivity index (χ4v) is 2.45. The van der Waals surface area contributed by atoms with Gasteiger partial charge in [0.25, 0.3) is 0 Å². The Kier molecular flexibility index (Phi) is 2.02. The number of allylic oxidation sites excluding steroid dienone is 2. The van der Waals surface area contributed by atoms with E-state index < -0.39 is 0 Å². The topological polar surface area (TPSA) is 0 Å². The molecule has 1 aliphatic rings. The van der Waals surface area contributed by atoms with Crippen molar-refractivity contribution in [1.82, 2.24) is 0 Å². The molecule has 0 amide bonds. The van der Waals surface area contributed by atoms with Crippen LogP contribution in [0.4, 0.5) is 0 Å². The van der Waals surface area contributed by atoms with Crippen LogP contribution in [0.1, 0.15) is 48.9 Å². The monoisotopic (exact) mass is 186 g/mol. The van der Waals surface area contributed by atoms with Crippen molar-refractivity contribution in [2.45, 2.75) is 40.5 Å². The van der Waals surface area contributed by atoms with Gasteiger partial charge in [-0.05, 0) is 55.5 Å². The number of aryl methyl sites for hydroxylation is 1. The summed E-state index contributed by atoms with van der Waals surface area (Å²) in [5.74, 6) is 0.615. The van der Waals surface area contributed by atoms with Crippen LogP contribution in [0.25, 0.3) is 5.57 Å². The summed E-state index contributed by atoms with van der Waals surface area (Å²) in [6, 6.07) is 4.54. The molecule has 1 aliphatic carbocycles. The minimum absolute atomic E-state index is 0.615. The zero-order valence-electron chi connectivity index (χ0n) is 9.73. The van der Waals surface area contributed by atoms with Gasteiger partial charge in [-0.25, -0.2) is 0 Å². The Morgan fingerprint density at radius 3 is 2.29 bits per heavy atom. The second-order valence-corrected chi connectivity index (χ2v) is 4.50. The van der Waals surface area contributed by atoms with E-state index in [9.17, 15) is 0 Å². The number of hydrogen-bond donors (Lipinski definition) is 0. The molecular formula is C14H18. The van der Waals surface area contributed by atoms with Gasteiger partial charge in [0.15, 0.2) is 0 Å². The van der Waals surface area contributed by atoms with E-state index in [1.54, 1.807) is 0 Å². The predicted octanol–water partition coefficient (Wildman–Crippen LogP) is 4.21. The molecule has 0 bridgehead atoms. The second kappa shape index (κ2) is 2.98. The molecule has 0 spiro atoms. The molecule has 74 valence electrons. The minimum Gasteiger partial charge on any atom is -0.0625 e. The number of benzene rings is 1. The molecule has 0 heteroatoms. The maximum Gasteiger partial charge on any atom is 0.00291 e. The third-order valence-corrected chi connectivity index (χ3v) is 3.85. The smallest absolute Gasteiger partial charge is 0.00291 e. The van der Waals surface area contributed by atoms with Crippen LogP contribution in [0.2, 0.25) is 0 Å². The van der Waals surface area contributed by atoms with Crippen LogP contribution in [-0.2, 0) is 0 Å². The van der Waals surface area contributed by atoms with Gasteiger partial charge in [0, 0.05) is 5.92 Å². The lowest BCUT2D eigenvalue weighted by molar-refractivity contribution is 0.917. The SMILES string of the molecule is CC1=C(C)C(C)c2ccc(C)c(C)c21. The van der Waals surface area contributed by atoms with E-state index in [4.69, 9.17) is 0 Å². The van der Waals surface area contributed by atoms with Crippen molar-refractivity contribution in [1.29, 1.82) is 0 Å². The highest BCUT2D eigenvalue weighted by molar-refractivity contribution is 5.79. The summed E-state index contributed by atoms with van der Waals surface area (Å²) in [6.07, 6.45) is 0. The van der Waals surface area contributed by atoms with E-state index in [0.717, 1.165) is 0 Å². The van der Waals surface area contributed by atoms with Gasteiger partial charge in [0.2, 0.25) is 0 Å². The van der Waals surface area contributed by atoms with E-state index in [0.29, 0.717) is 5.92 Å². The molecule has 0 radical (unpaired) electrons. The van der Waals surface area contributed by atoms with Crippen LogP contribution >= 0.6 is 0 Å². The molecule has 0 aromatic heterocycles. The van der Waals surface area contributed by atoms with Crippen molar-refractivity contribution in [3.8, 4) is 0 Å². The van der Waals surface area contributed by atoms with Gasteiger partial charge in [0.1, 0.15) is 0 Å². The van der Waals surface area contributed by atoms with Gasteiger partial charge >= 0.3 is 0 Å². The van der Waals surface area contributed by atoms with Crippen molar-refractivity contribution >= 4 is 5.57 Å². The Labute approximate surface area is 86.7 Å². The van der Waals surface area contributed by atoms with Crippen molar-refractivity contribution in [2.24, 2.45) is 0 Å². The standard InChI is InChI=1S/C14H18/c1-8-6-7-13-11(4)10(3)12(5)14(13)9(8)2/h6-7,11H,1-5H3. The molecule has 0 heterocycles. The average molecular weight is 186 g/mol. The van der Waals surface area contributed by atoms with Crippen LogP contribution in [0.15, 0.2) is 17.7 Å². The molecular weight excluding hydrogens is 168 g/mol. The summed E-state index contributed by atoms with van der Waals surface area (Å²) in [7, 11) is 0. The normalized spacial score (nSPS) is 20.2. The number of rotatable bonds is 0. The number of hydrogen-bond acceptors (Lipinski definition) is 0. The molecule has 1 atom stereocenters. The molecule has 0 aliphatic heterocycles. The lowest BCUT2D eigenvalue weighted by atomic mass is 9.94. The molecule has 0 saturated carbocycles. The van der Waals surface area contributed by atoms with Crippen molar-refractivity contribution in [2.75, 3.05) is 0 Å². The molecule has 1 aromatic rings. The third kappa shape index (κ3) is 1.06. The molecule has 0 saturated heterocycles. The van der Waals surface area contributed by atoms with E-state index in [1.807, 2.05) is 0 Å². The van der Waals surface area contributed by atoms with Gasteiger partial charge < -0.3 is 0 Å². The first kappa shape index (κ1) is 9.51. The van der Waals surface area contributed by atoms with Crippen molar-refractivity contribution in [3.05, 3.63) is 40.0 Å². The fraction of sp³-hybridized carbons (Fsp3) is 0.429. The maximum atomic E-state index is 2.30. The molecule has 0 fully saturated rings. The van der Waals surface area contributed by atoms with Crippen LogP contribution in [0.5, 0.6) is 0 Å². The summed E-state index contributed by atoms with van der Waals surface area (Å²) in [4.78, 5) is 0. The van der Waals surface area contributed by atoms with Gasteiger partial charge in [-0.2, -0.15) is 0 Å². The first-order chi connectivity index (χ1) is 6.54. The Balaban J connectivity index is 2.75. The zero-order valence-corrected chi connectivity index (χ0v) is 9.73. The summed E-state index contributed by atoms with van der Waals surface area (Å²) in [6.45, 7) is 11.3. The third-order valence-electron chi connectivity index (χ3n) is 3.85. The Bertz CT molecular complexity index is 422. The van der Waals surface area contributed by atoms with E-state index in [2.05, 4.69) is 46.8 Å². The van der Waals surface area contributed by atoms with Gasteiger partial charge in [-0.3, -0.25) is 0 Å². The highest BCUT2D eigenvalue weighted by Crippen LogP contribution is 2.43. The summed E-state index contributed by atoms with van der Waals surface area (Å²) >= 11 is 0. The van der Waals surface area contributed by atoms with Crippen LogP contribution in [0, 0.1) is 13.8 Å². The summed E-state index contributed by atoms with van der Waals surface area (Å²) in [5, 5.41) is 0. The lowest BCUT2D eigenvalue weighted by Gasteiger charge is -2.11. The highest BCUT2D eigenvalue weighted by atomic mass is 14.3. The van der Waals surface area contributed by atoms with E-state index in [1.165, 1.54) is 33.4 Å². The Morgan fingerprint density at radius 1 is 1.00 bits per heavy atom. The maximum absolute atomic E-state index is 2.30. The second-order valence-electron chi connectivity index (χ2n) is 4.50. The van der Waals surface area contributed by atoms with Crippen molar-refractivity contribution < 1.29 is 0 Å². The fourth-order valence-electron chi connectivity index (χ4n) is 2.45. The van der Waals surface area contributed by atoms with Gasteiger partial charge in [-0.1, -0.05) is 24.6 Å². The zero-order chi connectivity index (χ0) is 10.5. The predicted molar refractivity (Wildman–Crippen MR) is 62.6 cm³/mol. The lowest BCUT2D eigenvalue weighted by Crippen LogP contribution is -1.94.